The van der Waals surface area contributed by atoms with Gasteiger partial charge in [-0.2, -0.15) is 5.26 Å². The van der Waals surface area contributed by atoms with Crippen LogP contribution in [0.1, 0.15) is 21.7 Å². The lowest BCUT2D eigenvalue weighted by molar-refractivity contribution is 0.104. The topological polar surface area (TPSA) is 63.2 Å². The predicted molar refractivity (Wildman–Crippen MR) is 87.3 cm³/mol. The summed E-state index contributed by atoms with van der Waals surface area (Å²) in [4.78, 5) is 12.2. The summed E-state index contributed by atoms with van der Waals surface area (Å²) in [5, 5.41) is 9.78. The van der Waals surface area contributed by atoms with Crippen molar-refractivity contribution in [2.45, 2.75) is 0 Å². The molecule has 0 spiro atoms. The fourth-order valence-corrected chi connectivity index (χ4v) is 2.30. The van der Waals surface area contributed by atoms with E-state index in [1.807, 2.05) is 30.3 Å². The Kier molecular flexibility index (Phi) is 3.94. The van der Waals surface area contributed by atoms with Crippen LogP contribution in [-0.2, 0) is 0 Å². The maximum absolute atomic E-state index is 12.2. The van der Waals surface area contributed by atoms with Gasteiger partial charge in [0.05, 0.1) is 18.7 Å². The number of hydrogen-bond acceptors (Lipinski definition) is 4. The van der Waals surface area contributed by atoms with Crippen molar-refractivity contribution in [2.24, 2.45) is 0 Å². The highest BCUT2D eigenvalue weighted by Crippen LogP contribution is 2.28. The van der Waals surface area contributed by atoms with Gasteiger partial charge in [0, 0.05) is 10.9 Å². The summed E-state index contributed by atoms with van der Waals surface area (Å²) < 4.78 is 11.0. The van der Waals surface area contributed by atoms with Crippen LogP contribution >= 0.6 is 0 Å². The number of nitriles is 1. The monoisotopic (exact) mass is 303 g/mol. The van der Waals surface area contributed by atoms with Gasteiger partial charge in [0.2, 0.25) is 0 Å². The summed E-state index contributed by atoms with van der Waals surface area (Å²) in [5.74, 6) is 1.03. The number of hydrogen-bond donors (Lipinski definition) is 0. The van der Waals surface area contributed by atoms with Crippen LogP contribution in [0, 0.1) is 11.3 Å². The summed E-state index contributed by atoms with van der Waals surface area (Å²) in [5.41, 5.74) is 1.57. The molecule has 112 valence electrons. The van der Waals surface area contributed by atoms with E-state index < -0.39 is 0 Å². The first-order valence-corrected chi connectivity index (χ1v) is 7.00. The van der Waals surface area contributed by atoms with Gasteiger partial charge in [-0.05, 0) is 36.4 Å². The van der Waals surface area contributed by atoms with Crippen molar-refractivity contribution in [1.29, 1.82) is 5.26 Å². The number of carbonyl (C=O) groups excluding carboxylic acids is 1. The predicted octanol–water partition coefficient (Wildman–Crippen LogP) is 4.21. The van der Waals surface area contributed by atoms with Crippen molar-refractivity contribution < 1.29 is 13.9 Å². The van der Waals surface area contributed by atoms with Crippen molar-refractivity contribution in [3.63, 3.8) is 0 Å². The van der Waals surface area contributed by atoms with Gasteiger partial charge in [-0.15, -0.1) is 0 Å². The third-order valence-electron chi connectivity index (χ3n) is 3.42. The molecule has 0 amide bonds. The van der Waals surface area contributed by atoms with Gasteiger partial charge in [0.25, 0.3) is 0 Å². The number of methoxy groups -OCH3 is 1. The van der Waals surface area contributed by atoms with Gasteiger partial charge in [-0.3, -0.25) is 4.79 Å². The Morgan fingerprint density at radius 3 is 2.83 bits per heavy atom. The lowest BCUT2D eigenvalue weighted by Crippen LogP contribution is -1.94. The molecular weight excluding hydrogens is 290 g/mol. The molecule has 3 aromatic rings. The number of fused-ring (bicyclic) bond motifs is 1. The van der Waals surface area contributed by atoms with Gasteiger partial charge in [-0.25, -0.2) is 0 Å². The van der Waals surface area contributed by atoms with Crippen LogP contribution in [0.15, 0.2) is 59.0 Å². The zero-order valence-corrected chi connectivity index (χ0v) is 12.4. The lowest BCUT2D eigenvalue weighted by Gasteiger charge is -1.98. The third-order valence-corrected chi connectivity index (χ3v) is 3.42. The van der Waals surface area contributed by atoms with Crippen molar-refractivity contribution in [2.75, 3.05) is 7.11 Å². The van der Waals surface area contributed by atoms with Crippen LogP contribution in [0.2, 0.25) is 0 Å². The Balaban J connectivity index is 1.87. The number of ketones is 1. The molecule has 0 unspecified atom stereocenters. The summed E-state index contributed by atoms with van der Waals surface area (Å²) in [6, 6.07) is 16.1. The molecule has 0 radical (unpaired) electrons. The zero-order valence-electron chi connectivity index (χ0n) is 12.4. The van der Waals surface area contributed by atoms with E-state index in [0.29, 0.717) is 28.2 Å². The maximum Gasteiger partial charge on any atom is 0.186 e. The van der Waals surface area contributed by atoms with Crippen LogP contribution in [0.25, 0.3) is 17.0 Å². The van der Waals surface area contributed by atoms with E-state index in [4.69, 9.17) is 14.4 Å². The Morgan fingerprint density at radius 1 is 1.22 bits per heavy atom. The number of nitrogens with zero attached hydrogens (tertiary/aromatic N) is 1. The Bertz CT molecular complexity index is 945. The molecule has 3 rings (SSSR count). The molecule has 4 heteroatoms. The van der Waals surface area contributed by atoms with E-state index in [1.54, 1.807) is 37.5 Å². The van der Waals surface area contributed by atoms with Gasteiger partial charge in [-0.1, -0.05) is 24.3 Å². The van der Waals surface area contributed by atoms with E-state index in [9.17, 15) is 4.79 Å². The molecule has 0 atom stereocenters. The Hall–Kier alpha value is -3.32. The fourth-order valence-electron chi connectivity index (χ4n) is 2.30. The molecule has 0 N–H and O–H groups in total. The molecule has 23 heavy (non-hydrogen) atoms. The second-order valence-electron chi connectivity index (χ2n) is 4.92. The third kappa shape index (κ3) is 2.99. The maximum atomic E-state index is 12.2. The zero-order chi connectivity index (χ0) is 16.2. The SMILES string of the molecule is COc1cccc2cc(C=CC(=O)c3cccc(C#N)c3)oc12. The minimum Gasteiger partial charge on any atom is -0.493 e. The fraction of sp³-hybridized carbons (Fsp3) is 0.0526. The number of benzene rings is 2. The molecular formula is C19H13NO3. The first-order valence-electron chi connectivity index (χ1n) is 7.00. The number of para-hydroxylation sites is 1. The molecule has 1 aromatic heterocycles. The smallest absolute Gasteiger partial charge is 0.186 e. The molecule has 0 bridgehead atoms. The van der Waals surface area contributed by atoms with Gasteiger partial charge < -0.3 is 9.15 Å². The normalized spacial score (nSPS) is 10.8. The average molecular weight is 303 g/mol. The Morgan fingerprint density at radius 2 is 2.04 bits per heavy atom. The average Bonchev–Trinajstić information content (AvgIpc) is 3.02. The van der Waals surface area contributed by atoms with E-state index in [-0.39, 0.29) is 5.78 Å². The van der Waals surface area contributed by atoms with Crippen LogP contribution in [0.3, 0.4) is 0 Å². The molecule has 0 saturated heterocycles. The molecule has 0 saturated carbocycles. The number of rotatable bonds is 4. The first-order chi connectivity index (χ1) is 11.2. The standard InChI is InChI=1S/C19H13NO3/c1-22-18-7-3-6-15-11-16(23-19(15)18)8-9-17(21)14-5-2-4-13(10-14)12-20/h2-11H,1H3. The number of ether oxygens (including phenoxy) is 1. The second kappa shape index (κ2) is 6.20. The molecule has 4 nitrogen and oxygen atoms in total. The largest absolute Gasteiger partial charge is 0.493 e. The van der Waals surface area contributed by atoms with Crippen LogP contribution in [-0.4, -0.2) is 12.9 Å². The Labute approximate surface area is 133 Å². The number of furan rings is 1. The highest BCUT2D eigenvalue weighted by Gasteiger charge is 2.08. The van der Waals surface area contributed by atoms with Crippen LogP contribution in [0.4, 0.5) is 0 Å². The van der Waals surface area contributed by atoms with E-state index in [1.165, 1.54) is 6.08 Å². The summed E-state index contributed by atoms with van der Waals surface area (Å²) in [7, 11) is 1.58. The van der Waals surface area contributed by atoms with Gasteiger partial charge in [0.1, 0.15) is 5.76 Å². The number of carbonyl (C=O) groups is 1. The van der Waals surface area contributed by atoms with Gasteiger partial charge >= 0.3 is 0 Å². The van der Waals surface area contributed by atoms with Gasteiger partial charge in [0.15, 0.2) is 17.1 Å². The summed E-state index contributed by atoms with van der Waals surface area (Å²) in [6.07, 6.45) is 3.04. The molecule has 0 aliphatic rings. The van der Waals surface area contributed by atoms with Crippen molar-refractivity contribution in [3.05, 3.63) is 71.5 Å². The minimum absolute atomic E-state index is 0.186. The van der Waals surface area contributed by atoms with E-state index in [0.717, 1.165) is 5.39 Å². The van der Waals surface area contributed by atoms with Crippen molar-refractivity contribution in [3.8, 4) is 11.8 Å². The first kappa shape index (κ1) is 14.6. The van der Waals surface area contributed by atoms with E-state index in [2.05, 4.69) is 0 Å². The van der Waals surface area contributed by atoms with Crippen LogP contribution < -0.4 is 4.74 Å². The lowest BCUT2D eigenvalue weighted by atomic mass is 10.1. The summed E-state index contributed by atoms with van der Waals surface area (Å²) >= 11 is 0. The highest BCUT2D eigenvalue weighted by molar-refractivity contribution is 6.07. The molecule has 0 aliphatic heterocycles. The second-order valence-corrected chi connectivity index (χ2v) is 4.92. The summed E-state index contributed by atoms with van der Waals surface area (Å²) in [6.45, 7) is 0. The number of allylic oxidation sites excluding steroid dienone is 1. The highest BCUT2D eigenvalue weighted by atomic mass is 16.5. The quantitative estimate of drug-likeness (QED) is 0.535. The molecule has 1 heterocycles. The molecule has 0 aliphatic carbocycles. The molecule has 0 fully saturated rings. The molecule has 2 aromatic carbocycles. The van der Waals surface area contributed by atoms with Crippen molar-refractivity contribution >= 4 is 22.8 Å². The minimum atomic E-state index is -0.186. The van der Waals surface area contributed by atoms with E-state index >= 15 is 0 Å². The van der Waals surface area contributed by atoms with Crippen LogP contribution in [0.5, 0.6) is 5.75 Å². The van der Waals surface area contributed by atoms with Crippen molar-refractivity contribution in [1.82, 2.24) is 0 Å².